The Hall–Kier alpha value is -3.68. The molecular formula is C19H18N4O4. The van der Waals surface area contributed by atoms with Crippen LogP contribution in [0.5, 0.6) is 0 Å². The average molecular weight is 366 g/mol. The highest BCUT2D eigenvalue weighted by molar-refractivity contribution is 6.07. The van der Waals surface area contributed by atoms with Gasteiger partial charge in [-0.2, -0.15) is 0 Å². The van der Waals surface area contributed by atoms with Gasteiger partial charge in [0.2, 0.25) is 5.95 Å². The van der Waals surface area contributed by atoms with E-state index < -0.39 is 11.9 Å². The van der Waals surface area contributed by atoms with Crippen molar-refractivity contribution in [3.63, 3.8) is 0 Å². The number of furan rings is 1. The van der Waals surface area contributed by atoms with E-state index in [0.29, 0.717) is 12.2 Å². The quantitative estimate of drug-likeness (QED) is 0.619. The Labute approximate surface area is 155 Å². The monoisotopic (exact) mass is 366 g/mol. The number of ether oxygens (including phenoxy) is 1. The first-order valence-electron chi connectivity index (χ1n) is 8.34. The summed E-state index contributed by atoms with van der Waals surface area (Å²) >= 11 is 0. The molecule has 1 aromatic carbocycles. The SMILES string of the molecule is CCOC(=O)c1ccccc1NC(=O)c1ccnc(NCc2ccco2)n1. The summed E-state index contributed by atoms with van der Waals surface area (Å²) in [5, 5.41) is 5.67. The Kier molecular flexibility index (Phi) is 5.78. The largest absolute Gasteiger partial charge is 0.467 e. The van der Waals surface area contributed by atoms with Gasteiger partial charge in [-0.25, -0.2) is 14.8 Å². The first-order valence-corrected chi connectivity index (χ1v) is 8.34. The Bertz CT molecular complexity index is 925. The van der Waals surface area contributed by atoms with Crippen LogP contribution in [0.3, 0.4) is 0 Å². The van der Waals surface area contributed by atoms with Crippen molar-refractivity contribution >= 4 is 23.5 Å². The Balaban J connectivity index is 1.71. The van der Waals surface area contributed by atoms with Crippen molar-refractivity contribution in [1.29, 1.82) is 0 Å². The highest BCUT2D eigenvalue weighted by Crippen LogP contribution is 2.17. The molecule has 3 aromatic rings. The van der Waals surface area contributed by atoms with Gasteiger partial charge in [0.25, 0.3) is 5.91 Å². The van der Waals surface area contributed by atoms with Gasteiger partial charge in [0, 0.05) is 6.20 Å². The van der Waals surface area contributed by atoms with Crippen molar-refractivity contribution in [2.75, 3.05) is 17.2 Å². The molecule has 0 unspecified atom stereocenters. The second-order valence-electron chi connectivity index (χ2n) is 5.42. The fourth-order valence-electron chi connectivity index (χ4n) is 2.31. The lowest BCUT2D eigenvalue weighted by Crippen LogP contribution is -2.18. The fourth-order valence-corrected chi connectivity index (χ4v) is 2.31. The zero-order valence-corrected chi connectivity index (χ0v) is 14.6. The molecule has 0 aliphatic rings. The Morgan fingerprint density at radius 2 is 2.00 bits per heavy atom. The maximum absolute atomic E-state index is 12.5. The molecule has 0 radical (unpaired) electrons. The molecule has 0 bridgehead atoms. The number of carbonyl (C=O) groups is 2. The number of nitrogens with zero attached hydrogens (tertiary/aromatic N) is 2. The molecule has 1 amide bonds. The first-order chi connectivity index (χ1) is 13.2. The van der Waals surface area contributed by atoms with Gasteiger partial charge < -0.3 is 19.8 Å². The van der Waals surface area contributed by atoms with Gasteiger partial charge >= 0.3 is 5.97 Å². The minimum atomic E-state index is -0.503. The van der Waals surface area contributed by atoms with Gasteiger partial charge in [-0.15, -0.1) is 0 Å². The lowest BCUT2D eigenvalue weighted by atomic mass is 10.1. The highest BCUT2D eigenvalue weighted by atomic mass is 16.5. The van der Waals surface area contributed by atoms with E-state index in [9.17, 15) is 9.59 Å². The van der Waals surface area contributed by atoms with Gasteiger partial charge in [-0.3, -0.25) is 4.79 Å². The smallest absolute Gasteiger partial charge is 0.340 e. The van der Waals surface area contributed by atoms with Crippen molar-refractivity contribution < 1.29 is 18.7 Å². The molecule has 0 saturated heterocycles. The summed E-state index contributed by atoms with van der Waals surface area (Å²) < 4.78 is 10.2. The van der Waals surface area contributed by atoms with Gasteiger partial charge in [-0.05, 0) is 37.3 Å². The maximum atomic E-state index is 12.5. The van der Waals surface area contributed by atoms with Crippen molar-refractivity contribution in [3.05, 3.63) is 71.9 Å². The van der Waals surface area contributed by atoms with E-state index in [0.717, 1.165) is 5.76 Å². The van der Waals surface area contributed by atoms with Crippen LogP contribution in [0, 0.1) is 0 Å². The number of amides is 1. The number of esters is 1. The molecule has 27 heavy (non-hydrogen) atoms. The molecular weight excluding hydrogens is 348 g/mol. The average Bonchev–Trinajstić information content (AvgIpc) is 3.21. The summed E-state index contributed by atoms with van der Waals surface area (Å²) in [5.41, 5.74) is 0.785. The molecule has 0 aliphatic heterocycles. The second kappa shape index (κ2) is 8.61. The minimum absolute atomic E-state index is 0.158. The summed E-state index contributed by atoms with van der Waals surface area (Å²) in [7, 11) is 0. The summed E-state index contributed by atoms with van der Waals surface area (Å²) in [6, 6.07) is 11.7. The first kappa shape index (κ1) is 18.1. The lowest BCUT2D eigenvalue weighted by Gasteiger charge is -2.10. The van der Waals surface area contributed by atoms with E-state index >= 15 is 0 Å². The molecule has 2 N–H and O–H groups in total. The van der Waals surface area contributed by atoms with Crippen LogP contribution in [-0.4, -0.2) is 28.5 Å². The molecule has 0 fully saturated rings. The van der Waals surface area contributed by atoms with Crippen LogP contribution in [0.15, 0.2) is 59.3 Å². The molecule has 8 heteroatoms. The number of rotatable bonds is 7. The van der Waals surface area contributed by atoms with Crippen molar-refractivity contribution in [1.82, 2.24) is 9.97 Å². The lowest BCUT2D eigenvalue weighted by molar-refractivity contribution is 0.0527. The molecule has 2 heterocycles. The highest BCUT2D eigenvalue weighted by Gasteiger charge is 2.16. The molecule has 0 aliphatic carbocycles. The van der Waals surface area contributed by atoms with Gasteiger partial charge in [0.05, 0.1) is 30.7 Å². The van der Waals surface area contributed by atoms with Gasteiger partial charge in [0.15, 0.2) is 0 Å². The van der Waals surface area contributed by atoms with E-state index in [1.54, 1.807) is 43.5 Å². The molecule has 3 rings (SSSR count). The van der Waals surface area contributed by atoms with Crippen LogP contribution in [0.4, 0.5) is 11.6 Å². The fraction of sp³-hybridized carbons (Fsp3) is 0.158. The van der Waals surface area contributed by atoms with Crippen molar-refractivity contribution in [2.24, 2.45) is 0 Å². The number of benzene rings is 1. The molecule has 8 nitrogen and oxygen atoms in total. The third kappa shape index (κ3) is 4.69. The van der Waals surface area contributed by atoms with E-state index in [-0.39, 0.29) is 23.8 Å². The normalized spacial score (nSPS) is 10.3. The Morgan fingerprint density at radius 3 is 2.78 bits per heavy atom. The van der Waals surface area contributed by atoms with Crippen LogP contribution in [0.2, 0.25) is 0 Å². The number of para-hydroxylation sites is 1. The third-order valence-corrected chi connectivity index (χ3v) is 3.56. The topological polar surface area (TPSA) is 106 Å². The summed E-state index contributed by atoms with van der Waals surface area (Å²) in [6.45, 7) is 2.36. The number of carbonyl (C=O) groups excluding carboxylic acids is 2. The van der Waals surface area contributed by atoms with E-state index in [1.807, 2.05) is 6.07 Å². The maximum Gasteiger partial charge on any atom is 0.340 e. The number of anilines is 2. The standard InChI is InChI=1S/C19H18N4O4/c1-2-26-18(25)14-7-3-4-8-15(14)22-17(24)16-9-10-20-19(23-16)21-12-13-6-5-11-27-13/h3-11H,2,12H2,1H3,(H,22,24)(H,20,21,23). The minimum Gasteiger partial charge on any atom is -0.467 e. The van der Waals surface area contributed by atoms with Crippen LogP contribution in [0.1, 0.15) is 33.5 Å². The zero-order chi connectivity index (χ0) is 19.1. The predicted octanol–water partition coefficient (Wildman–Crippen LogP) is 3.11. The molecule has 0 atom stereocenters. The second-order valence-corrected chi connectivity index (χ2v) is 5.42. The summed E-state index contributed by atoms with van der Waals surface area (Å²) in [6.07, 6.45) is 3.05. The number of hydrogen-bond donors (Lipinski definition) is 2. The van der Waals surface area contributed by atoms with Crippen LogP contribution >= 0.6 is 0 Å². The van der Waals surface area contributed by atoms with Crippen LogP contribution in [-0.2, 0) is 11.3 Å². The number of aromatic nitrogens is 2. The zero-order valence-electron chi connectivity index (χ0n) is 14.6. The molecule has 0 saturated carbocycles. The van der Waals surface area contributed by atoms with Crippen molar-refractivity contribution in [2.45, 2.75) is 13.5 Å². The Morgan fingerprint density at radius 1 is 1.15 bits per heavy atom. The van der Waals surface area contributed by atoms with E-state index in [4.69, 9.17) is 9.15 Å². The predicted molar refractivity (Wildman–Crippen MR) is 98.4 cm³/mol. The number of nitrogens with one attached hydrogen (secondary N) is 2. The van der Waals surface area contributed by atoms with Crippen LogP contribution < -0.4 is 10.6 Å². The summed E-state index contributed by atoms with van der Waals surface area (Å²) in [4.78, 5) is 32.8. The number of hydrogen-bond acceptors (Lipinski definition) is 7. The molecule has 138 valence electrons. The summed E-state index contributed by atoms with van der Waals surface area (Å²) in [5.74, 6) is 0.0432. The van der Waals surface area contributed by atoms with E-state index in [2.05, 4.69) is 20.6 Å². The van der Waals surface area contributed by atoms with Crippen LogP contribution in [0.25, 0.3) is 0 Å². The van der Waals surface area contributed by atoms with E-state index in [1.165, 1.54) is 12.3 Å². The van der Waals surface area contributed by atoms with Gasteiger partial charge in [-0.1, -0.05) is 12.1 Å². The van der Waals surface area contributed by atoms with Crippen molar-refractivity contribution in [3.8, 4) is 0 Å². The molecule has 2 aromatic heterocycles. The van der Waals surface area contributed by atoms with Gasteiger partial charge in [0.1, 0.15) is 11.5 Å². The molecule has 0 spiro atoms. The third-order valence-electron chi connectivity index (χ3n) is 3.56.